The Labute approximate surface area is 133 Å². The number of hydrogen-bond acceptors (Lipinski definition) is 4. The quantitative estimate of drug-likeness (QED) is 0.366. The van der Waals surface area contributed by atoms with E-state index in [9.17, 15) is 19.3 Å². The van der Waals surface area contributed by atoms with Crippen LogP contribution >= 0.6 is 15.9 Å². The molecule has 114 valence electrons. The Morgan fingerprint density at radius 3 is 2.45 bits per heavy atom. The van der Waals surface area contributed by atoms with Crippen LogP contribution in [-0.4, -0.2) is 15.8 Å². The van der Waals surface area contributed by atoms with Gasteiger partial charge in [0.1, 0.15) is 0 Å². The number of benzene rings is 2. The third-order valence-electron chi connectivity index (χ3n) is 2.71. The monoisotopic (exact) mass is 367 g/mol. The normalized spacial score (nSPS) is 11.5. The number of amides is 1. The summed E-state index contributed by atoms with van der Waals surface area (Å²) in [5, 5.41) is 15.9. The lowest BCUT2D eigenvalue weighted by Crippen LogP contribution is -2.29. The molecule has 0 saturated carbocycles. The smallest absolute Gasteiger partial charge is 0.304 e. The van der Waals surface area contributed by atoms with Gasteiger partial charge in [0, 0.05) is 23.5 Å². The molecule has 2 aromatic rings. The Kier molecular flexibility index (Phi) is 5.05. The van der Waals surface area contributed by atoms with Crippen LogP contribution in [0.25, 0.3) is 0 Å². The van der Waals surface area contributed by atoms with E-state index in [-0.39, 0.29) is 5.69 Å². The predicted octanol–water partition coefficient (Wildman–Crippen LogP) is 3.51. The number of anilines is 2. The lowest BCUT2D eigenvalue weighted by atomic mass is 10.2. The summed E-state index contributed by atoms with van der Waals surface area (Å²) in [6.45, 7) is 0. The summed E-state index contributed by atoms with van der Waals surface area (Å²) in [5.41, 5.74) is 0.220. The molecule has 22 heavy (non-hydrogen) atoms. The van der Waals surface area contributed by atoms with E-state index in [4.69, 9.17) is 0 Å². The number of carbonyl (C=O) groups is 1. The summed E-state index contributed by atoms with van der Waals surface area (Å²) in [4.78, 5) is 20.9. The number of carbonyl (C=O) groups excluding carboxylic acids is 1. The lowest BCUT2D eigenvalue weighted by Gasteiger charge is -2.13. The topological polar surface area (TPSA) is 84.3 Å². The molecule has 0 aliphatic rings. The van der Waals surface area contributed by atoms with Gasteiger partial charge in [0.15, 0.2) is 4.95 Å². The lowest BCUT2D eigenvalue weighted by molar-refractivity contribution is -0.387. The van der Waals surface area contributed by atoms with Gasteiger partial charge in [-0.25, -0.2) is 0 Å². The van der Waals surface area contributed by atoms with Crippen LogP contribution in [0.2, 0.25) is 0 Å². The van der Waals surface area contributed by atoms with Crippen LogP contribution in [0.15, 0.2) is 48.5 Å². The van der Waals surface area contributed by atoms with Gasteiger partial charge in [0.05, 0.1) is 4.92 Å². The molecule has 2 N–H and O–H groups in total. The van der Waals surface area contributed by atoms with Crippen molar-refractivity contribution in [2.24, 2.45) is 0 Å². The summed E-state index contributed by atoms with van der Waals surface area (Å²) in [6, 6.07) is 12.2. The van der Waals surface area contributed by atoms with E-state index >= 15 is 0 Å². The molecule has 6 nitrogen and oxygen atoms in total. The van der Waals surface area contributed by atoms with Crippen molar-refractivity contribution in [3.05, 3.63) is 64.5 Å². The first-order valence-electron chi connectivity index (χ1n) is 6.18. The highest BCUT2D eigenvalue weighted by Gasteiger charge is 2.18. The summed E-state index contributed by atoms with van der Waals surface area (Å²) in [7, 11) is 0. The standard InChI is InChI=1S/C14H11BrFN3O3/c15-13(17-9-4-2-1-3-5-9)14(20)18-10-6-7-12(19(21)22)11(16)8-10/h1-8,13,17H,(H,18,20). The maximum absolute atomic E-state index is 13.5. The predicted molar refractivity (Wildman–Crippen MR) is 84.5 cm³/mol. The maximum Gasteiger partial charge on any atom is 0.304 e. The molecule has 0 heterocycles. The third-order valence-corrected chi connectivity index (χ3v) is 3.35. The van der Waals surface area contributed by atoms with Crippen LogP contribution in [0.1, 0.15) is 0 Å². The minimum Gasteiger partial charge on any atom is -0.365 e. The fourth-order valence-electron chi connectivity index (χ4n) is 1.68. The molecule has 0 aliphatic carbocycles. The number of para-hydroxylation sites is 1. The SMILES string of the molecule is O=C(Nc1ccc([N+](=O)[O-])c(F)c1)C(Br)Nc1ccccc1. The van der Waals surface area contributed by atoms with Crippen molar-refractivity contribution >= 4 is 38.9 Å². The molecule has 0 radical (unpaired) electrons. The van der Waals surface area contributed by atoms with Crippen LogP contribution in [-0.2, 0) is 4.79 Å². The first-order chi connectivity index (χ1) is 10.5. The van der Waals surface area contributed by atoms with Gasteiger partial charge in [-0.1, -0.05) is 34.1 Å². The number of halogens is 2. The molecule has 1 atom stereocenters. The molecule has 0 saturated heterocycles. The van der Waals surface area contributed by atoms with Gasteiger partial charge in [-0.2, -0.15) is 4.39 Å². The van der Waals surface area contributed by atoms with Crippen molar-refractivity contribution in [3.63, 3.8) is 0 Å². The Balaban J connectivity index is 2.02. The Hall–Kier alpha value is -2.48. The average molecular weight is 368 g/mol. The highest BCUT2D eigenvalue weighted by Crippen LogP contribution is 2.21. The van der Waals surface area contributed by atoms with Gasteiger partial charge >= 0.3 is 5.69 Å². The van der Waals surface area contributed by atoms with Crippen molar-refractivity contribution in [2.75, 3.05) is 10.6 Å². The van der Waals surface area contributed by atoms with Gasteiger partial charge in [0.2, 0.25) is 5.82 Å². The molecular weight excluding hydrogens is 357 g/mol. The third kappa shape index (κ3) is 4.01. The summed E-state index contributed by atoms with van der Waals surface area (Å²) >= 11 is 3.17. The zero-order valence-electron chi connectivity index (χ0n) is 11.1. The molecule has 0 bridgehead atoms. The zero-order valence-corrected chi connectivity index (χ0v) is 12.7. The van der Waals surface area contributed by atoms with E-state index in [0.717, 1.165) is 17.8 Å². The van der Waals surface area contributed by atoms with Crippen LogP contribution in [0, 0.1) is 15.9 Å². The number of nitrogens with one attached hydrogen (secondary N) is 2. The second kappa shape index (κ2) is 6.99. The molecule has 1 unspecified atom stereocenters. The number of nitrogens with zero attached hydrogens (tertiary/aromatic N) is 1. The number of nitro benzene ring substituents is 1. The van der Waals surface area contributed by atoms with Crippen LogP contribution < -0.4 is 10.6 Å². The molecule has 2 rings (SSSR count). The second-order valence-electron chi connectivity index (χ2n) is 4.29. The zero-order chi connectivity index (χ0) is 16.1. The van der Waals surface area contributed by atoms with Crippen molar-refractivity contribution in [1.29, 1.82) is 0 Å². The van der Waals surface area contributed by atoms with Gasteiger partial charge < -0.3 is 10.6 Å². The largest absolute Gasteiger partial charge is 0.365 e. The maximum atomic E-state index is 13.5. The van der Waals surface area contributed by atoms with E-state index in [1.807, 2.05) is 18.2 Å². The van der Waals surface area contributed by atoms with E-state index in [1.165, 1.54) is 6.07 Å². The number of rotatable bonds is 5. The number of alkyl halides is 1. The highest BCUT2D eigenvalue weighted by atomic mass is 79.9. The molecular formula is C14H11BrFN3O3. The van der Waals surface area contributed by atoms with Crippen LogP contribution in [0.4, 0.5) is 21.5 Å². The van der Waals surface area contributed by atoms with Crippen molar-refractivity contribution in [3.8, 4) is 0 Å². The highest BCUT2D eigenvalue weighted by molar-refractivity contribution is 9.10. The van der Waals surface area contributed by atoms with E-state index in [1.54, 1.807) is 12.1 Å². The minimum atomic E-state index is -1.01. The molecule has 0 spiro atoms. The number of nitro groups is 1. The van der Waals surface area contributed by atoms with Gasteiger partial charge in [-0.05, 0) is 18.2 Å². The minimum absolute atomic E-state index is 0.132. The Morgan fingerprint density at radius 1 is 1.18 bits per heavy atom. The van der Waals surface area contributed by atoms with Gasteiger partial charge in [-0.15, -0.1) is 0 Å². The van der Waals surface area contributed by atoms with E-state index < -0.39 is 27.3 Å². The molecule has 0 aromatic heterocycles. The summed E-state index contributed by atoms with van der Waals surface area (Å²) < 4.78 is 13.5. The molecule has 2 aromatic carbocycles. The van der Waals surface area contributed by atoms with Gasteiger partial charge in [0.25, 0.3) is 5.91 Å². The van der Waals surface area contributed by atoms with Crippen molar-refractivity contribution < 1.29 is 14.1 Å². The Bertz CT molecular complexity index is 697. The second-order valence-corrected chi connectivity index (χ2v) is 5.20. The summed E-state index contributed by atoms with van der Waals surface area (Å²) in [6.07, 6.45) is 0. The number of hydrogen-bond donors (Lipinski definition) is 2. The van der Waals surface area contributed by atoms with Crippen LogP contribution in [0.3, 0.4) is 0 Å². The fourth-order valence-corrected chi connectivity index (χ4v) is 2.06. The van der Waals surface area contributed by atoms with Crippen molar-refractivity contribution in [2.45, 2.75) is 4.95 Å². The van der Waals surface area contributed by atoms with E-state index in [2.05, 4.69) is 26.6 Å². The van der Waals surface area contributed by atoms with E-state index in [0.29, 0.717) is 0 Å². The van der Waals surface area contributed by atoms with Gasteiger partial charge in [-0.3, -0.25) is 14.9 Å². The first kappa shape index (κ1) is 15.9. The molecule has 0 aliphatic heterocycles. The van der Waals surface area contributed by atoms with Crippen molar-refractivity contribution in [1.82, 2.24) is 0 Å². The average Bonchev–Trinajstić information content (AvgIpc) is 2.47. The molecule has 8 heteroatoms. The van der Waals surface area contributed by atoms with Crippen LogP contribution in [0.5, 0.6) is 0 Å². The fraction of sp³-hybridized carbons (Fsp3) is 0.0714. The molecule has 1 amide bonds. The summed E-state index contributed by atoms with van der Waals surface area (Å²) in [5.74, 6) is -1.47. The Morgan fingerprint density at radius 2 is 1.86 bits per heavy atom. The first-order valence-corrected chi connectivity index (χ1v) is 7.09. The molecule has 0 fully saturated rings.